The average Bonchev–Trinajstić information content (AvgIpc) is 2.92. The van der Waals surface area contributed by atoms with Gasteiger partial charge in [0.1, 0.15) is 5.75 Å². The first kappa shape index (κ1) is 24.8. The molecule has 0 radical (unpaired) electrons. The van der Waals surface area contributed by atoms with Crippen LogP contribution in [0.3, 0.4) is 0 Å². The average molecular weight is 488 g/mol. The lowest BCUT2D eigenvalue weighted by molar-refractivity contribution is -0.118. The molecule has 4 rings (SSSR count). The number of nitrogens with zero attached hydrogens (tertiary/aromatic N) is 2. The van der Waals surface area contributed by atoms with E-state index in [0.717, 1.165) is 11.3 Å². The Balaban J connectivity index is 1.45. The Bertz CT molecular complexity index is 1220. The summed E-state index contributed by atoms with van der Waals surface area (Å²) in [4.78, 5) is 41.5. The Morgan fingerprint density at radius 2 is 1.56 bits per heavy atom. The smallest absolute Gasteiger partial charge is 0.337 e. The summed E-state index contributed by atoms with van der Waals surface area (Å²) in [5.74, 6) is -0.250. The highest BCUT2D eigenvalue weighted by Gasteiger charge is 2.24. The largest absolute Gasteiger partial charge is 0.484 e. The van der Waals surface area contributed by atoms with Crippen LogP contribution in [0.25, 0.3) is 0 Å². The first-order chi connectivity index (χ1) is 17.4. The Kier molecular flexibility index (Phi) is 7.85. The number of nitrogens with one attached hydrogen (secondary N) is 1. The summed E-state index contributed by atoms with van der Waals surface area (Å²) in [6.07, 6.45) is 0. The van der Waals surface area contributed by atoms with E-state index < -0.39 is 5.97 Å². The minimum absolute atomic E-state index is 0.00179. The fourth-order valence-corrected chi connectivity index (χ4v) is 4.04. The van der Waals surface area contributed by atoms with E-state index in [-0.39, 0.29) is 18.4 Å². The van der Waals surface area contributed by atoms with E-state index in [2.05, 4.69) is 10.2 Å². The number of amides is 2. The van der Waals surface area contributed by atoms with E-state index in [0.29, 0.717) is 48.7 Å². The first-order valence-electron chi connectivity index (χ1n) is 11.8. The zero-order valence-corrected chi connectivity index (χ0v) is 20.4. The van der Waals surface area contributed by atoms with Gasteiger partial charge in [-0.3, -0.25) is 9.59 Å². The minimum atomic E-state index is -0.494. The molecule has 1 aliphatic heterocycles. The van der Waals surface area contributed by atoms with E-state index in [4.69, 9.17) is 9.47 Å². The van der Waals surface area contributed by atoms with Crippen LogP contribution in [0.1, 0.15) is 26.3 Å². The SMILES string of the molecule is COC(=O)c1ccc(N2CCN(C(=O)c3ccccc3)CC2)c(NC(=O)COc2ccc(C)cc2)c1. The summed E-state index contributed by atoms with van der Waals surface area (Å²) in [5.41, 5.74) is 3.34. The zero-order valence-electron chi connectivity index (χ0n) is 20.4. The van der Waals surface area contributed by atoms with Gasteiger partial charge in [-0.15, -0.1) is 0 Å². The number of anilines is 2. The zero-order chi connectivity index (χ0) is 25.5. The standard InChI is InChI=1S/C28H29N3O5/c1-20-8-11-23(12-9-20)36-19-26(32)29-24-18-22(28(34)35-2)10-13-25(24)30-14-16-31(17-15-30)27(33)21-6-4-3-5-7-21/h3-13,18H,14-17,19H2,1-2H3,(H,29,32). The normalized spacial score (nSPS) is 13.2. The predicted molar refractivity (Wildman–Crippen MR) is 138 cm³/mol. The second kappa shape index (κ2) is 11.4. The van der Waals surface area contributed by atoms with Gasteiger partial charge in [-0.25, -0.2) is 4.79 Å². The molecule has 0 bridgehead atoms. The number of esters is 1. The van der Waals surface area contributed by atoms with Crippen molar-refractivity contribution < 1.29 is 23.9 Å². The van der Waals surface area contributed by atoms with Gasteiger partial charge in [0.15, 0.2) is 6.61 Å². The quantitative estimate of drug-likeness (QED) is 0.511. The second-order valence-electron chi connectivity index (χ2n) is 8.52. The molecule has 186 valence electrons. The Hall–Kier alpha value is -4.33. The van der Waals surface area contributed by atoms with Gasteiger partial charge in [-0.2, -0.15) is 0 Å². The Labute approximate surface area is 210 Å². The molecule has 3 aromatic carbocycles. The van der Waals surface area contributed by atoms with Gasteiger partial charge in [0.05, 0.1) is 24.0 Å². The summed E-state index contributed by atoms with van der Waals surface area (Å²) < 4.78 is 10.4. The summed E-state index contributed by atoms with van der Waals surface area (Å²) in [6, 6.07) is 21.7. The lowest BCUT2D eigenvalue weighted by Crippen LogP contribution is -2.49. The molecule has 1 fully saturated rings. The molecule has 0 spiro atoms. The molecule has 1 saturated heterocycles. The molecule has 0 saturated carbocycles. The van der Waals surface area contributed by atoms with Gasteiger partial charge in [-0.1, -0.05) is 35.9 Å². The number of benzene rings is 3. The van der Waals surface area contributed by atoms with E-state index in [1.165, 1.54) is 7.11 Å². The molecule has 0 aliphatic carbocycles. The highest BCUT2D eigenvalue weighted by Crippen LogP contribution is 2.29. The molecule has 1 aliphatic rings. The third-order valence-corrected chi connectivity index (χ3v) is 6.01. The molecule has 3 aromatic rings. The van der Waals surface area contributed by atoms with Gasteiger partial charge < -0.3 is 24.6 Å². The number of aryl methyl sites for hydroxylation is 1. The van der Waals surface area contributed by atoms with Crippen molar-refractivity contribution in [3.05, 3.63) is 89.5 Å². The van der Waals surface area contributed by atoms with Crippen LogP contribution >= 0.6 is 0 Å². The fraction of sp³-hybridized carbons (Fsp3) is 0.250. The number of rotatable bonds is 7. The van der Waals surface area contributed by atoms with Crippen molar-refractivity contribution in [1.29, 1.82) is 0 Å². The maximum absolute atomic E-state index is 12.8. The first-order valence-corrected chi connectivity index (χ1v) is 11.8. The van der Waals surface area contributed by atoms with E-state index in [9.17, 15) is 14.4 Å². The second-order valence-corrected chi connectivity index (χ2v) is 8.52. The molecule has 0 atom stereocenters. The molecular formula is C28H29N3O5. The third-order valence-electron chi connectivity index (χ3n) is 6.01. The van der Waals surface area contributed by atoms with Crippen LogP contribution in [0.5, 0.6) is 5.75 Å². The molecule has 0 unspecified atom stereocenters. The molecule has 1 heterocycles. The summed E-state index contributed by atoms with van der Waals surface area (Å²) in [7, 11) is 1.31. The summed E-state index contributed by atoms with van der Waals surface area (Å²) >= 11 is 0. The van der Waals surface area contributed by atoms with Crippen LogP contribution in [0.15, 0.2) is 72.8 Å². The number of methoxy groups -OCH3 is 1. The van der Waals surface area contributed by atoms with Crippen LogP contribution in [0.4, 0.5) is 11.4 Å². The van der Waals surface area contributed by atoms with E-state index in [1.807, 2.05) is 66.4 Å². The monoisotopic (exact) mass is 487 g/mol. The van der Waals surface area contributed by atoms with Crippen LogP contribution in [0, 0.1) is 6.92 Å². The number of ether oxygens (including phenoxy) is 2. The van der Waals surface area contributed by atoms with Gasteiger partial charge in [-0.05, 0) is 49.4 Å². The Morgan fingerprint density at radius 3 is 2.22 bits per heavy atom. The number of carbonyl (C=O) groups is 3. The molecule has 2 amide bonds. The minimum Gasteiger partial charge on any atom is -0.484 e. The van der Waals surface area contributed by atoms with Gasteiger partial charge in [0.25, 0.3) is 11.8 Å². The van der Waals surface area contributed by atoms with Crippen LogP contribution in [-0.2, 0) is 9.53 Å². The molecule has 0 aromatic heterocycles. The van der Waals surface area contributed by atoms with Crippen LogP contribution in [0.2, 0.25) is 0 Å². The van der Waals surface area contributed by atoms with Crippen LogP contribution in [-0.4, -0.2) is 62.6 Å². The van der Waals surface area contributed by atoms with Crippen LogP contribution < -0.4 is 15.0 Å². The van der Waals surface area contributed by atoms with E-state index in [1.54, 1.807) is 18.2 Å². The maximum Gasteiger partial charge on any atom is 0.337 e. The molecule has 36 heavy (non-hydrogen) atoms. The molecule has 8 heteroatoms. The van der Waals surface area contributed by atoms with Crippen molar-refractivity contribution in [2.24, 2.45) is 0 Å². The fourth-order valence-electron chi connectivity index (χ4n) is 4.04. The van der Waals surface area contributed by atoms with Crippen molar-refractivity contribution >= 4 is 29.2 Å². The highest BCUT2D eigenvalue weighted by molar-refractivity contribution is 5.99. The Morgan fingerprint density at radius 1 is 0.861 bits per heavy atom. The lowest BCUT2D eigenvalue weighted by atomic mass is 10.1. The van der Waals surface area contributed by atoms with Crippen molar-refractivity contribution in [2.45, 2.75) is 6.92 Å². The number of piperazine rings is 1. The third kappa shape index (κ3) is 6.02. The summed E-state index contributed by atoms with van der Waals surface area (Å²) in [5, 5.41) is 2.87. The van der Waals surface area contributed by atoms with Gasteiger partial charge in [0, 0.05) is 31.7 Å². The maximum atomic E-state index is 12.8. The number of carbonyl (C=O) groups excluding carboxylic acids is 3. The van der Waals surface area contributed by atoms with Gasteiger partial charge in [0.2, 0.25) is 0 Å². The van der Waals surface area contributed by atoms with Crippen molar-refractivity contribution in [1.82, 2.24) is 4.90 Å². The van der Waals surface area contributed by atoms with Crippen molar-refractivity contribution in [2.75, 3.05) is 50.1 Å². The predicted octanol–water partition coefficient (Wildman–Crippen LogP) is 3.76. The van der Waals surface area contributed by atoms with E-state index >= 15 is 0 Å². The molecular weight excluding hydrogens is 458 g/mol. The molecule has 1 N–H and O–H groups in total. The summed E-state index contributed by atoms with van der Waals surface area (Å²) in [6.45, 7) is 4.04. The lowest BCUT2D eigenvalue weighted by Gasteiger charge is -2.37. The van der Waals surface area contributed by atoms with Crippen molar-refractivity contribution in [3.8, 4) is 5.75 Å². The topological polar surface area (TPSA) is 88.2 Å². The number of hydrogen-bond donors (Lipinski definition) is 1. The van der Waals surface area contributed by atoms with Gasteiger partial charge >= 0.3 is 5.97 Å². The highest BCUT2D eigenvalue weighted by atomic mass is 16.5. The van der Waals surface area contributed by atoms with Crippen molar-refractivity contribution in [3.63, 3.8) is 0 Å². The molecule has 8 nitrogen and oxygen atoms in total. The number of hydrogen-bond acceptors (Lipinski definition) is 6.